The Hall–Kier alpha value is -10.4. The van der Waals surface area contributed by atoms with Gasteiger partial charge in [0, 0.05) is 80.0 Å². The number of carbonyl (C=O) groups is 2. The van der Waals surface area contributed by atoms with E-state index in [-0.39, 0.29) is 122 Å². The van der Waals surface area contributed by atoms with E-state index in [1.807, 2.05) is 21.3 Å². The van der Waals surface area contributed by atoms with Gasteiger partial charge in [-0.25, -0.2) is 55.9 Å². The number of aromatic carboxylic acids is 2. The minimum Gasteiger partial charge on any atom is -0.478 e. The number of benzene rings is 6. The van der Waals surface area contributed by atoms with Gasteiger partial charge in [-0.1, -0.05) is 30.7 Å². The van der Waals surface area contributed by atoms with Crippen molar-refractivity contribution in [2.75, 3.05) is 20.8 Å². The standard InChI is InChI=1S/C35H29F3N4O4.C34H27F3N4O4/c1-45-20-35(10-3-11-35)19-42-31-14-22(34(43)44)8-9-30(31)40-32(42)15-24-13-28(38)25(16-27(24)37)29-4-2-5-33(41-29)46-18-23-7-6-21(17-39)12-26(23)36;1-44-24-9-20(10-24)17-41-31-13-21(34(42)43)7-8-30(31)39-32(41)14-23-12-28(37)25(15-27(23)36)29-3-2-4-33(40-29)45-18-22-6-5-19(16-38)11-26(22)35/h2,4-9,12-14,16H,3,10-11,15,18-20H2,1H3,(H,43,44);2-8,11-13,15,20,24H,9-10,14,17-18H2,1H3,(H,42,43). The first kappa shape index (κ1) is 62.2. The maximum Gasteiger partial charge on any atom is 0.335 e. The van der Waals surface area contributed by atoms with E-state index >= 15 is 17.6 Å². The van der Waals surface area contributed by atoms with E-state index in [1.165, 1.54) is 60.7 Å². The number of carboxylic acid groups (broad SMARTS) is 2. The Labute approximate surface area is 517 Å². The number of hydrogen-bond donors (Lipinski definition) is 2. The predicted octanol–water partition coefficient (Wildman–Crippen LogP) is 13.8. The predicted molar refractivity (Wildman–Crippen MR) is 321 cm³/mol. The number of methoxy groups -OCH3 is 2. The van der Waals surface area contributed by atoms with Crippen LogP contribution in [0.1, 0.15) is 97.8 Å². The number of halogens is 6. The molecule has 0 atom stereocenters. The molecule has 462 valence electrons. The van der Waals surface area contributed by atoms with Crippen LogP contribution in [0.5, 0.6) is 11.8 Å². The lowest BCUT2D eigenvalue weighted by Crippen LogP contribution is -2.38. The summed E-state index contributed by atoms with van der Waals surface area (Å²) >= 11 is 0. The highest BCUT2D eigenvalue weighted by Crippen LogP contribution is 2.44. The van der Waals surface area contributed by atoms with E-state index in [9.17, 15) is 28.6 Å². The van der Waals surface area contributed by atoms with Gasteiger partial charge in [0.2, 0.25) is 11.8 Å². The zero-order chi connectivity index (χ0) is 64.1. The van der Waals surface area contributed by atoms with Crippen LogP contribution < -0.4 is 9.47 Å². The lowest BCUT2D eigenvalue weighted by Gasteiger charge is -2.42. The van der Waals surface area contributed by atoms with E-state index < -0.39 is 46.8 Å². The molecular weight excluding hydrogens is 1180 g/mol. The summed E-state index contributed by atoms with van der Waals surface area (Å²) in [6.07, 6.45) is 4.68. The van der Waals surface area contributed by atoms with Crippen LogP contribution in [0.15, 0.2) is 133 Å². The number of nitrogens with zero attached hydrogens (tertiary/aromatic N) is 8. The van der Waals surface area contributed by atoms with Gasteiger partial charge >= 0.3 is 11.9 Å². The second-order valence-corrected chi connectivity index (χ2v) is 22.6. The van der Waals surface area contributed by atoms with Gasteiger partial charge in [-0.05, 0) is 140 Å². The fourth-order valence-electron chi connectivity index (χ4n) is 11.4. The number of pyridine rings is 2. The summed E-state index contributed by atoms with van der Waals surface area (Å²) in [4.78, 5) is 41.3. The van der Waals surface area contributed by atoms with E-state index in [1.54, 1.807) is 50.6 Å². The molecule has 2 fully saturated rings. The third kappa shape index (κ3) is 13.8. The van der Waals surface area contributed by atoms with Crippen LogP contribution >= 0.6 is 0 Å². The van der Waals surface area contributed by atoms with Gasteiger partial charge < -0.3 is 38.3 Å². The van der Waals surface area contributed by atoms with Crippen LogP contribution in [-0.4, -0.2) is 78.2 Å². The van der Waals surface area contributed by atoms with Crippen molar-refractivity contribution >= 4 is 34.0 Å². The summed E-state index contributed by atoms with van der Waals surface area (Å²) in [5, 5.41) is 37.0. The van der Waals surface area contributed by atoms with Gasteiger partial charge in [-0.15, -0.1) is 0 Å². The first-order valence-corrected chi connectivity index (χ1v) is 28.9. The molecular formula is C69H56F6N8O8. The summed E-state index contributed by atoms with van der Waals surface area (Å²) in [5.74, 6) is -4.65. The number of ether oxygens (including phenoxy) is 4. The van der Waals surface area contributed by atoms with E-state index in [0.29, 0.717) is 53.4 Å². The SMILES string of the molecule is COC1CC(Cn2c(Cc3cc(F)c(-c4cccc(OCc5ccc(C#N)cc5F)n4)cc3F)nc3ccc(C(=O)O)cc32)C1.COCC1(Cn2c(Cc3cc(F)c(-c4cccc(OCc5ccc(C#N)cc5F)n4)cc3F)nc3ccc(C(=O)O)cc32)CCC1. The monoisotopic (exact) mass is 1240 g/mol. The summed E-state index contributed by atoms with van der Waals surface area (Å²) in [7, 11) is 3.30. The van der Waals surface area contributed by atoms with E-state index in [2.05, 4.69) is 15.0 Å². The fraction of sp³-hybridized carbons (Fsp3) is 0.246. The van der Waals surface area contributed by atoms with Gasteiger partial charge in [0.1, 0.15) is 59.8 Å². The lowest BCUT2D eigenvalue weighted by atomic mass is 9.69. The van der Waals surface area contributed by atoms with Crippen molar-refractivity contribution in [1.82, 2.24) is 29.1 Å². The zero-order valence-corrected chi connectivity index (χ0v) is 49.0. The number of carboxylic acids is 2. The number of rotatable bonds is 21. The Bertz CT molecular complexity index is 4530. The maximum absolute atomic E-state index is 15.6. The Kier molecular flexibility index (Phi) is 18.3. The molecule has 2 aliphatic carbocycles. The highest BCUT2D eigenvalue weighted by Gasteiger charge is 2.39. The number of imidazole rings is 2. The molecule has 4 heterocycles. The topological polar surface area (TPSA) is 221 Å². The average molecular weight is 1240 g/mol. The van der Waals surface area contributed by atoms with Crippen molar-refractivity contribution in [2.24, 2.45) is 11.3 Å². The molecule has 0 amide bonds. The van der Waals surface area contributed by atoms with Crippen molar-refractivity contribution in [3.8, 4) is 46.4 Å². The third-order valence-corrected chi connectivity index (χ3v) is 16.6. The quantitative estimate of drug-likeness (QED) is 0.0639. The van der Waals surface area contributed by atoms with Crippen molar-refractivity contribution < 1.29 is 65.1 Å². The van der Waals surface area contributed by atoms with Crippen molar-refractivity contribution in [2.45, 2.75) is 77.4 Å². The molecule has 0 aliphatic heterocycles. The average Bonchev–Trinajstić information content (AvgIpc) is 1.69. The van der Waals surface area contributed by atoms with Crippen molar-refractivity contribution in [1.29, 1.82) is 10.5 Å². The van der Waals surface area contributed by atoms with Gasteiger partial charge in [0.15, 0.2) is 0 Å². The second kappa shape index (κ2) is 26.7. The van der Waals surface area contributed by atoms with Crippen LogP contribution in [-0.2, 0) is 48.6 Å². The maximum atomic E-state index is 15.6. The molecule has 12 rings (SSSR count). The molecule has 10 aromatic rings. The van der Waals surface area contributed by atoms with Gasteiger partial charge in [0.25, 0.3) is 0 Å². The molecule has 6 aromatic carbocycles. The molecule has 0 bridgehead atoms. The number of aromatic nitrogens is 6. The summed E-state index contributed by atoms with van der Waals surface area (Å²) in [6, 6.07) is 34.6. The molecule has 2 aliphatic rings. The molecule has 22 heteroatoms. The highest BCUT2D eigenvalue weighted by atomic mass is 19.1. The normalized spacial score (nSPS) is 14.8. The first-order valence-electron chi connectivity index (χ1n) is 28.9. The van der Waals surface area contributed by atoms with Crippen LogP contribution in [0.25, 0.3) is 44.6 Å². The van der Waals surface area contributed by atoms with Gasteiger partial charge in [-0.3, -0.25) is 0 Å². The molecule has 0 radical (unpaired) electrons. The molecule has 0 spiro atoms. The van der Waals surface area contributed by atoms with Crippen molar-refractivity contribution in [3.05, 3.63) is 225 Å². The minimum atomic E-state index is -1.07. The number of fused-ring (bicyclic) bond motifs is 2. The second-order valence-electron chi connectivity index (χ2n) is 22.6. The van der Waals surface area contributed by atoms with E-state index in [4.69, 9.17) is 34.5 Å². The smallest absolute Gasteiger partial charge is 0.335 e. The van der Waals surface area contributed by atoms with Gasteiger partial charge in [-0.2, -0.15) is 10.5 Å². The summed E-state index contributed by atoms with van der Waals surface area (Å²) in [5.41, 5.74) is 3.45. The molecule has 4 aromatic heterocycles. The Morgan fingerprint density at radius 1 is 0.571 bits per heavy atom. The minimum absolute atomic E-state index is 0.0206. The number of hydrogen-bond acceptors (Lipinski definition) is 12. The van der Waals surface area contributed by atoms with Crippen LogP contribution in [0, 0.1) is 68.9 Å². The highest BCUT2D eigenvalue weighted by molar-refractivity contribution is 5.93. The van der Waals surface area contributed by atoms with Crippen LogP contribution in [0.3, 0.4) is 0 Å². The molecule has 2 N–H and O–H groups in total. The molecule has 16 nitrogen and oxygen atoms in total. The Balaban J connectivity index is 0.000000187. The fourth-order valence-corrected chi connectivity index (χ4v) is 11.4. The van der Waals surface area contributed by atoms with Crippen LogP contribution in [0.2, 0.25) is 0 Å². The third-order valence-electron chi connectivity index (χ3n) is 16.6. The summed E-state index contributed by atoms with van der Waals surface area (Å²) < 4.78 is 117. The molecule has 91 heavy (non-hydrogen) atoms. The first-order chi connectivity index (χ1) is 43.9. The largest absolute Gasteiger partial charge is 0.478 e. The molecule has 0 unspecified atom stereocenters. The molecule has 0 saturated heterocycles. The van der Waals surface area contributed by atoms with Crippen LogP contribution in [0.4, 0.5) is 26.3 Å². The van der Waals surface area contributed by atoms with Crippen molar-refractivity contribution in [3.63, 3.8) is 0 Å². The Morgan fingerprint density at radius 2 is 1.04 bits per heavy atom. The number of nitriles is 2. The van der Waals surface area contributed by atoms with E-state index in [0.717, 1.165) is 68.5 Å². The Morgan fingerprint density at radius 3 is 1.47 bits per heavy atom. The molecule has 2 saturated carbocycles. The lowest BCUT2D eigenvalue weighted by molar-refractivity contribution is -0.00424. The zero-order valence-electron chi connectivity index (χ0n) is 49.0. The summed E-state index contributed by atoms with van der Waals surface area (Å²) in [6.45, 7) is 1.21. The van der Waals surface area contributed by atoms with Gasteiger partial charge in [0.05, 0.1) is 80.6 Å².